The number of hydrogen-bond acceptors (Lipinski definition) is 2. The van der Waals surface area contributed by atoms with Gasteiger partial charge in [-0.25, -0.2) is 0 Å². The molecule has 154 valence electrons. The van der Waals surface area contributed by atoms with Crippen LogP contribution in [0.25, 0.3) is 0 Å². The lowest BCUT2D eigenvalue weighted by molar-refractivity contribution is 0.559. The highest BCUT2D eigenvalue weighted by Crippen LogP contribution is 2.37. The van der Waals surface area contributed by atoms with Crippen LogP contribution in [0, 0.1) is 19.8 Å². The highest BCUT2D eigenvalue weighted by atomic mass is 15.1. The van der Waals surface area contributed by atoms with Crippen molar-refractivity contribution in [1.82, 2.24) is 0 Å². The number of aryl methyl sites for hydroxylation is 2. The first-order valence-corrected chi connectivity index (χ1v) is 11.1. The Labute approximate surface area is 173 Å². The fourth-order valence-electron chi connectivity index (χ4n) is 4.47. The smallest absolute Gasteiger partial charge is 0.0368 e. The number of hydrogen-bond donors (Lipinski definition) is 0. The van der Waals surface area contributed by atoms with E-state index in [9.17, 15) is 0 Å². The zero-order chi connectivity index (χ0) is 20.8. The lowest BCUT2D eigenvalue weighted by atomic mass is 9.79. The minimum atomic E-state index is 0.427. The van der Waals surface area contributed by atoms with Crippen LogP contribution in [0.5, 0.6) is 0 Å². The van der Waals surface area contributed by atoms with Crippen LogP contribution in [-0.4, -0.2) is 26.2 Å². The Balaban J connectivity index is 2.46. The summed E-state index contributed by atoms with van der Waals surface area (Å²) >= 11 is 0. The molecule has 2 heteroatoms. The van der Waals surface area contributed by atoms with Crippen LogP contribution in [0.1, 0.15) is 69.7 Å². The summed E-state index contributed by atoms with van der Waals surface area (Å²) < 4.78 is 0. The van der Waals surface area contributed by atoms with Gasteiger partial charge in [0.1, 0.15) is 0 Å². The Bertz CT molecular complexity index is 694. The molecule has 0 radical (unpaired) electrons. The minimum absolute atomic E-state index is 0.427. The second kappa shape index (κ2) is 10.0. The Hall–Kier alpha value is -1.96. The van der Waals surface area contributed by atoms with E-state index in [0.717, 1.165) is 26.2 Å². The van der Waals surface area contributed by atoms with E-state index in [1.54, 1.807) is 0 Å². The lowest BCUT2D eigenvalue weighted by Gasteiger charge is -2.29. The molecule has 0 atom stereocenters. The molecule has 0 bridgehead atoms. The van der Waals surface area contributed by atoms with Crippen molar-refractivity contribution in [2.75, 3.05) is 36.0 Å². The van der Waals surface area contributed by atoms with Crippen molar-refractivity contribution < 1.29 is 0 Å². The number of nitrogens with zero attached hydrogens (tertiary/aromatic N) is 2. The summed E-state index contributed by atoms with van der Waals surface area (Å²) in [6.07, 6.45) is 0. The van der Waals surface area contributed by atoms with Gasteiger partial charge in [0.15, 0.2) is 0 Å². The third-order valence-corrected chi connectivity index (χ3v) is 6.10. The molecule has 0 fully saturated rings. The molecule has 0 saturated carbocycles. The second-order valence-electron chi connectivity index (χ2n) is 8.15. The summed E-state index contributed by atoms with van der Waals surface area (Å²) in [7, 11) is 0. The van der Waals surface area contributed by atoms with E-state index in [1.165, 1.54) is 33.6 Å². The first-order chi connectivity index (χ1) is 13.4. The molecular formula is C26H40N2. The Morgan fingerprint density at radius 2 is 1.00 bits per heavy atom. The van der Waals surface area contributed by atoms with Gasteiger partial charge in [0, 0.05) is 43.5 Å². The largest absolute Gasteiger partial charge is 0.372 e. The van der Waals surface area contributed by atoms with Crippen molar-refractivity contribution in [2.45, 2.75) is 61.3 Å². The molecule has 0 spiro atoms. The van der Waals surface area contributed by atoms with E-state index in [0.29, 0.717) is 11.8 Å². The molecule has 0 unspecified atom stereocenters. The van der Waals surface area contributed by atoms with Gasteiger partial charge in [0.05, 0.1) is 0 Å². The topological polar surface area (TPSA) is 6.48 Å². The van der Waals surface area contributed by atoms with E-state index >= 15 is 0 Å². The summed E-state index contributed by atoms with van der Waals surface area (Å²) in [5.41, 5.74) is 8.39. The maximum atomic E-state index is 2.42. The van der Waals surface area contributed by atoms with Crippen molar-refractivity contribution in [3.05, 3.63) is 58.7 Å². The second-order valence-corrected chi connectivity index (χ2v) is 8.15. The molecule has 0 aliphatic rings. The molecule has 0 aliphatic heterocycles. The Morgan fingerprint density at radius 1 is 0.643 bits per heavy atom. The molecule has 28 heavy (non-hydrogen) atoms. The van der Waals surface area contributed by atoms with Crippen molar-refractivity contribution in [1.29, 1.82) is 0 Å². The average Bonchev–Trinajstić information content (AvgIpc) is 2.67. The molecule has 2 aromatic rings. The standard InChI is InChI=1S/C26H40N2/c1-9-27(10-2)22-13-15-24(20(7)17-22)26(19(5)6)25-16-14-23(18-21(25)8)28(11-3)12-4/h13-19,26H,9-12H2,1-8H3. The fourth-order valence-corrected chi connectivity index (χ4v) is 4.47. The van der Waals surface area contributed by atoms with Crippen LogP contribution in [0.3, 0.4) is 0 Å². The summed E-state index contributed by atoms with van der Waals surface area (Å²) in [5.74, 6) is 0.979. The SMILES string of the molecule is CCN(CC)c1ccc(C(c2ccc(N(CC)CC)cc2C)C(C)C)c(C)c1. The summed E-state index contributed by atoms with van der Waals surface area (Å²) in [5, 5.41) is 0. The van der Waals surface area contributed by atoms with Gasteiger partial charge in [-0.05, 0) is 94.0 Å². The highest BCUT2D eigenvalue weighted by molar-refractivity contribution is 5.56. The van der Waals surface area contributed by atoms with Gasteiger partial charge in [0.2, 0.25) is 0 Å². The predicted molar refractivity (Wildman–Crippen MR) is 126 cm³/mol. The molecular weight excluding hydrogens is 340 g/mol. The van der Waals surface area contributed by atoms with Crippen molar-refractivity contribution in [3.8, 4) is 0 Å². The average molecular weight is 381 g/mol. The zero-order valence-corrected chi connectivity index (χ0v) is 19.3. The number of rotatable bonds is 9. The van der Waals surface area contributed by atoms with Gasteiger partial charge in [-0.15, -0.1) is 0 Å². The molecule has 0 N–H and O–H groups in total. The molecule has 2 rings (SSSR count). The molecule has 0 amide bonds. The monoisotopic (exact) mass is 380 g/mol. The van der Waals surface area contributed by atoms with Gasteiger partial charge < -0.3 is 9.80 Å². The molecule has 2 aromatic carbocycles. The Kier molecular flexibility index (Phi) is 7.98. The number of anilines is 2. The maximum absolute atomic E-state index is 2.42. The normalized spacial score (nSPS) is 11.4. The van der Waals surface area contributed by atoms with Crippen molar-refractivity contribution in [3.63, 3.8) is 0 Å². The van der Waals surface area contributed by atoms with Crippen LogP contribution in [-0.2, 0) is 0 Å². The van der Waals surface area contributed by atoms with Crippen molar-refractivity contribution >= 4 is 11.4 Å². The first-order valence-electron chi connectivity index (χ1n) is 11.1. The Morgan fingerprint density at radius 3 is 1.25 bits per heavy atom. The van der Waals surface area contributed by atoms with Gasteiger partial charge in [0.25, 0.3) is 0 Å². The molecule has 0 saturated heterocycles. The summed E-state index contributed by atoms with van der Waals surface area (Å²) in [4.78, 5) is 4.84. The number of benzene rings is 2. The molecule has 0 aromatic heterocycles. The van der Waals surface area contributed by atoms with Crippen molar-refractivity contribution in [2.24, 2.45) is 5.92 Å². The summed E-state index contributed by atoms with van der Waals surface area (Å²) in [6.45, 7) is 22.4. The quantitative estimate of drug-likeness (QED) is 0.473. The van der Waals surface area contributed by atoms with E-state index < -0.39 is 0 Å². The fraction of sp³-hybridized carbons (Fsp3) is 0.538. The van der Waals surface area contributed by atoms with Gasteiger partial charge in [-0.1, -0.05) is 26.0 Å². The summed E-state index contributed by atoms with van der Waals surface area (Å²) in [6, 6.07) is 14.1. The van der Waals surface area contributed by atoms with E-state index in [1.807, 2.05) is 0 Å². The van der Waals surface area contributed by atoms with Crippen LogP contribution in [0.4, 0.5) is 11.4 Å². The van der Waals surface area contributed by atoms with Crippen LogP contribution in [0.15, 0.2) is 36.4 Å². The van der Waals surface area contributed by atoms with Crippen LogP contribution >= 0.6 is 0 Å². The van der Waals surface area contributed by atoms with Crippen LogP contribution < -0.4 is 9.80 Å². The van der Waals surface area contributed by atoms with Crippen LogP contribution in [0.2, 0.25) is 0 Å². The lowest BCUT2D eigenvalue weighted by Crippen LogP contribution is -2.22. The van der Waals surface area contributed by atoms with Gasteiger partial charge in [-0.3, -0.25) is 0 Å². The van der Waals surface area contributed by atoms with Gasteiger partial charge >= 0.3 is 0 Å². The van der Waals surface area contributed by atoms with E-state index in [4.69, 9.17) is 0 Å². The highest BCUT2D eigenvalue weighted by Gasteiger charge is 2.22. The zero-order valence-electron chi connectivity index (χ0n) is 19.3. The van der Waals surface area contributed by atoms with E-state index in [2.05, 4.69) is 102 Å². The molecule has 0 heterocycles. The maximum Gasteiger partial charge on any atom is 0.0368 e. The predicted octanol–water partition coefficient (Wildman–Crippen LogP) is 6.78. The third-order valence-electron chi connectivity index (χ3n) is 6.10. The van der Waals surface area contributed by atoms with Gasteiger partial charge in [-0.2, -0.15) is 0 Å². The third kappa shape index (κ3) is 4.71. The molecule has 2 nitrogen and oxygen atoms in total. The minimum Gasteiger partial charge on any atom is -0.372 e. The molecule has 0 aliphatic carbocycles. The van der Waals surface area contributed by atoms with E-state index in [-0.39, 0.29) is 0 Å². The first kappa shape index (κ1) is 22.3.